The van der Waals surface area contributed by atoms with Crippen molar-refractivity contribution < 1.29 is 14.1 Å². The normalized spacial score (nSPS) is 11.4. The van der Waals surface area contributed by atoms with E-state index in [0.717, 1.165) is 5.56 Å². The molecule has 0 amide bonds. The number of nitrogens with zero attached hydrogens (tertiary/aromatic N) is 2. The molecule has 0 bridgehead atoms. The molecular formula is C16H20N2O3. The number of hydrogen-bond donors (Lipinski definition) is 0. The van der Waals surface area contributed by atoms with Crippen LogP contribution in [0, 0.1) is 0 Å². The first-order valence-electron chi connectivity index (χ1n) is 7.24. The number of benzene rings is 1. The number of carbonyl (C=O) groups excluding carboxylic acids is 1. The fourth-order valence-corrected chi connectivity index (χ4v) is 2.32. The van der Waals surface area contributed by atoms with Gasteiger partial charge in [0.1, 0.15) is 5.41 Å². The highest BCUT2D eigenvalue weighted by atomic mass is 16.5. The van der Waals surface area contributed by atoms with Crippen molar-refractivity contribution in [2.75, 3.05) is 6.61 Å². The van der Waals surface area contributed by atoms with Gasteiger partial charge in [-0.1, -0.05) is 49.3 Å². The van der Waals surface area contributed by atoms with E-state index in [2.05, 4.69) is 10.1 Å². The Morgan fingerprint density at radius 2 is 1.86 bits per heavy atom. The molecule has 2 aromatic rings. The molecule has 0 saturated carbocycles. The van der Waals surface area contributed by atoms with Gasteiger partial charge >= 0.3 is 5.97 Å². The maximum absolute atomic E-state index is 12.3. The van der Waals surface area contributed by atoms with Crippen molar-refractivity contribution in [1.82, 2.24) is 10.1 Å². The first-order chi connectivity index (χ1) is 10.2. The number of ether oxygens (including phenoxy) is 1. The third kappa shape index (κ3) is 2.82. The minimum absolute atomic E-state index is 0.307. The third-order valence-electron chi connectivity index (χ3n) is 3.74. The monoisotopic (exact) mass is 288 g/mol. The minimum atomic E-state index is -0.865. The summed E-state index contributed by atoms with van der Waals surface area (Å²) in [4.78, 5) is 16.7. The molecular weight excluding hydrogens is 268 g/mol. The highest BCUT2D eigenvalue weighted by Gasteiger charge is 2.44. The Bertz CT molecular complexity index is 589. The summed E-state index contributed by atoms with van der Waals surface area (Å²) < 4.78 is 10.6. The summed E-state index contributed by atoms with van der Waals surface area (Å²) in [5.74, 6) is 0.504. The number of hydrogen-bond acceptors (Lipinski definition) is 5. The molecule has 2 rings (SSSR count). The summed E-state index contributed by atoms with van der Waals surface area (Å²) >= 11 is 0. The zero-order chi connectivity index (χ0) is 15.3. The van der Waals surface area contributed by atoms with Crippen molar-refractivity contribution in [3.63, 3.8) is 0 Å². The van der Waals surface area contributed by atoms with Gasteiger partial charge in [-0.05, 0) is 19.8 Å². The summed E-state index contributed by atoms with van der Waals surface area (Å²) in [6.07, 6.45) is 1.11. The summed E-state index contributed by atoms with van der Waals surface area (Å²) in [6, 6.07) is 9.54. The van der Waals surface area contributed by atoms with E-state index in [0.29, 0.717) is 31.2 Å². The summed E-state index contributed by atoms with van der Waals surface area (Å²) in [5.41, 5.74) is -0.00628. The minimum Gasteiger partial charge on any atom is -0.465 e. The lowest BCUT2D eigenvalue weighted by Crippen LogP contribution is -2.36. The first-order valence-corrected chi connectivity index (χ1v) is 7.24. The molecule has 1 aromatic carbocycles. The molecule has 1 aromatic heterocycles. The van der Waals surface area contributed by atoms with E-state index in [-0.39, 0.29) is 5.97 Å². The zero-order valence-electron chi connectivity index (χ0n) is 12.6. The van der Waals surface area contributed by atoms with Gasteiger partial charge < -0.3 is 9.26 Å². The lowest BCUT2D eigenvalue weighted by atomic mass is 9.82. The van der Waals surface area contributed by atoms with Gasteiger partial charge in [0.15, 0.2) is 0 Å². The maximum Gasteiger partial charge on any atom is 0.321 e. The van der Waals surface area contributed by atoms with Crippen LogP contribution in [0.25, 0.3) is 11.4 Å². The Morgan fingerprint density at radius 3 is 2.43 bits per heavy atom. The molecule has 0 atom stereocenters. The topological polar surface area (TPSA) is 65.2 Å². The van der Waals surface area contributed by atoms with Crippen molar-refractivity contribution in [2.45, 2.75) is 39.0 Å². The van der Waals surface area contributed by atoms with Crippen LogP contribution in [0.15, 0.2) is 34.9 Å². The van der Waals surface area contributed by atoms with Crippen molar-refractivity contribution in [2.24, 2.45) is 0 Å². The molecule has 0 spiro atoms. The van der Waals surface area contributed by atoms with Crippen LogP contribution >= 0.6 is 0 Å². The molecule has 0 aliphatic carbocycles. The van der Waals surface area contributed by atoms with Crippen LogP contribution in [0.5, 0.6) is 0 Å². The average molecular weight is 288 g/mol. The SMILES string of the molecule is CCOC(=O)C(CC)(CC)c1nc(-c2ccccc2)no1. The molecule has 1 heterocycles. The van der Waals surface area contributed by atoms with E-state index in [1.165, 1.54) is 0 Å². The molecule has 0 N–H and O–H groups in total. The first kappa shape index (κ1) is 15.2. The van der Waals surface area contributed by atoms with E-state index in [9.17, 15) is 4.79 Å². The van der Waals surface area contributed by atoms with E-state index in [1.807, 2.05) is 44.2 Å². The van der Waals surface area contributed by atoms with Crippen molar-refractivity contribution in [1.29, 1.82) is 0 Å². The predicted molar refractivity (Wildman–Crippen MR) is 78.6 cm³/mol. The lowest BCUT2D eigenvalue weighted by Gasteiger charge is -2.24. The number of carbonyl (C=O) groups is 1. The summed E-state index contributed by atoms with van der Waals surface area (Å²) in [6.45, 7) is 5.97. The van der Waals surface area contributed by atoms with E-state index < -0.39 is 5.41 Å². The quantitative estimate of drug-likeness (QED) is 0.762. The fourth-order valence-electron chi connectivity index (χ4n) is 2.32. The molecule has 5 nitrogen and oxygen atoms in total. The molecule has 0 radical (unpaired) electrons. The van der Waals surface area contributed by atoms with E-state index in [1.54, 1.807) is 6.92 Å². The second-order valence-corrected chi connectivity index (χ2v) is 4.80. The Balaban J connectivity index is 2.39. The van der Waals surface area contributed by atoms with Gasteiger partial charge in [0.2, 0.25) is 11.7 Å². The van der Waals surface area contributed by atoms with Gasteiger partial charge in [0, 0.05) is 5.56 Å². The van der Waals surface area contributed by atoms with Crippen LogP contribution in [0.4, 0.5) is 0 Å². The van der Waals surface area contributed by atoms with Crippen LogP contribution in [0.3, 0.4) is 0 Å². The van der Waals surface area contributed by atoms with Crippen LogP contribution in [-0.2, 0) is 14.9 Å². The number of esters is 1. The molecule has 0 aliphatic rings. The van der Waals surface area contributed by atoms with Crippen LogP contribution in [0.1, 0.15) is 39.5 Å². The van der Waals surface area contributed by atoms with Crippen molar-refractivity contribution in [3.05, 3.63) is 36.2 Å². The highest BCUT2D eigenvalue weighted by molar-refractivity contribution is 5.81. The second-order valence-electron chi connectivity index (χ2n) is 4.80. The second kappa shape index (κ2) is 6.52. The van der Waals surface area contributed by atoms with Crippen LogP contribution < -0.4 is 0 Å². The summed E-state index contributed by atoms with van der Waals surface area (Å²) in [5, 5.41) is 4.00. The Labute approximate surface area is 124 Å². The zero-order valence-corrected chi connectivity index (χ0v) is 12.6. The largest absolute Gasteiger partial charge is 0.465 e. The summed E-state index contributed by atoms with van der Waals surface area (Å²) in [7, 11) is 0. The molecule has 0 aliphatic heterocycles. The number of aromatic nitrogens is 2. The average Bonchev–Trinajstić information content (AvgIpc) is 3.01. The smallest absolute Gasteiger partial charge is 0.321 e. The van der Waals surface area contributed by atoms with Crippen LogP contribution in [0.2, 0.25) is 0 Å². The lowest BCUT2D eigenvalue weighted by molar-refractivity contribution is -0.151. The standard InChI is InChI=1S/C16H20N2O3/c1-4-16(5-2,15(19)20-6-3)14-17-13(18-21-14)12-10-8-7-9-11-12/h7-11H,4-6H2,1-3H3. The Kier molecular flexibility index (Phi) is 4.73. The van der Waals surface area contributed by atoms with Crippen molar-refractivity contribution in [3.8, 4) is 11.4 Å². The van der Waals surface area contributed by atoms with Crippen LogP contribution in [-0.4, -0.2) is 22.7 Å². The number of rotatable bonds is 6. The Hall–Kier alpha value is -2.17. The molecule has 0 unspecified atom stereocenters. The maximum atomic E-state index is 12.3. The van der Waals surface area contributed by atoms with Gasteiger partial charge in [0.25, 0.3) is 0 Å². The van der Waals surface area contributed by atoms with E-state index >= 15 is 0 Å². The van der Waals surface area contributed by atoms with Crippen molar-refractivity contribution >= 4 is 5.97 Å². The Morgan fingerprint density at radius 1 is 1.19 bits per heavy atom. The van der Waals surface area contributed by atoms with E-state index in [4.69, 9.17) is 9.26 Å². The van der Waals surface area contributed by atoms with Gasteiger partial charge in [-0.2, -0.15) is 4.98 Å². The van der Waals surface area contributed by atoms with Gasteiger partial charge in [-0.25, -0.2) is 0 Å². The third-order valence-corrected chi connectivity index (χ3v) is 3.74. The molecule has 0 fully saturated rings. The van der Waals surface area contributed by atoms with Gasteiger partial charge in [-0.15, -0.1) is 0 Å². The molecule has 112 valence electrons. The van der Waals surface area contributed by atoms with Gasteiger partial charge in [0.05, 0.1) is 6.61 Å². The highest BCUT2D eigenvalue weighted by Crippen LogP contribution is 2.33. The van der Waals surface area contributed by atoms with Gasteiger partial charge in [-0.3, -0.25) is 4.79 Å². The molecule has 5 heteroatoms. The fraction of sp³-hybridized carbons (Fsp3) is 0.438. The molecule has 0 saturated heterocycles. The molecule has 21 heavy (non-hydrogen) atoms. The predicted octanol–water partition coefficient (Wildman–Crippen LogP) is 3.36.